The van der Waals surface area contributed by atoms with Crippen molar-refractivity contribution in [3.05, 3.63) is 23.8 Å². The van der Waals surface area contributed by atoms with Gasteiger partial charge in [-0.05, 0) is 31.9 Å². The summed E-state index contributed by atoms with van der Waals surface area (Å²) in [4.78, 5) is 41.6. The SMILES string of the molecule is CCC(=O)Nc1ccc2c(c1)OC[C@H](C)N(C(=O)C1CC1)C[C@@H](C)[C@@H](OC)CN(C)C2=O. The van der Waals surface area contributed by atoms with Crippen LogP contribution in [0.15, 0.2) is 18.2 Å². The quantitative estimate of drug-likeness (QED) is 0.770. The Balaban J connectivity index is 1.94. The summed E-state index contributed by atoms with van der Waals surface area (Å²) in [7, 11) is 3.38. The molecule has 1 aliphatic carbocycles. The Morgan fingerprint density at radius 3 is 2.56 bits per heavy atom. The zero-order valence-electron chi connectivity index (χ0n) is 19.7. The van der Waals surface area contributed by atoms with Gasteiger partial charge in [-0.25, -0.2) is 0 Å². The number of carbonyl (C=O) groups excluding carboxylic acids is 3. The second-order valence-corrected chi connectivity index (χ2v) is 8.97. The Kier molecular flexibility index (Phi) is 7.77. The van der Waals surface area contributed by atoms with E-state index in [1.54, 1.807) is 44.2 Å². The number of fused-ring (bicyclic) bond motifs is 1. The molecular formula is C24H35N3O5. The number of likely N-dealkylation sites (N-methyl/N-ethyl adjacent to an activating group) is 1. The second-order valence-electron chi connectivity index (χ2n) is 8.97. The first kappa shape index (κ1) is 24.0. The average Bonchev–Trinajstić information content (AvgIpc) is 3.63. The molecule has 0 spiro atoms. The topological polar surface area (TPSA) is 88.2 Å². The Morgan fingerprint density at radius 2 is 1.94 bits per heavy atom. The highest BCUT2D eigenvalue weighted by Gasteiger charge is 2.37. The molecule has 1 N–H and O–H groups in total. The van der Waals surface area contributed by atoms with E-state index in [0.717, 1.165) is 12.8 Å². The number of hydrogen-bond acceptors (Lipinski definition) is 5. The third-order valence-electron chi connectivity index (χ3n) is 6.26. The number of carbonyl (C=O) groups is 3. The highest BCUT2D eigenvalue weighted by atomic mass is 16.5. The molecule has 8 nitrogen and oxygen atoms in total. The summed E-state index contributed by atoms with van der Waals surface area (Å²) in [5, 5.41) is 2.81. The van der Waals surface area contributed by atoms with E-state index >= 15 is 0 Å². The number of nitrogens with one attached hydrogen (secondary N) is 1. The summed E-state index contributed by atoms with van der Waals surface area (Å²) in [6, 6.07) is 4.89. The van der Waals surface area contributed by atoms with Crippen molar-refractivity contribution in [1.29, 1.82) is 0 Å². The fourth-order valence-electron chi connectivity index (χ4n) is 3.97. The molecule has 0 bridgehead atoms. The Morgan fingerprint density at radius 1 is 1.22 bits per heavy atom. The molecule has 1 aromatic carbocycles. The van der Waals surface area contributed by atoms with E-state index in [-0.39, 0.29) is 48.3 Å². The predicted octanol–water partition coefficient (Wildman–Crippen LogP) is 2.78. The zero-order valence-corrected chi connectivity index (χ0v) is 19.7. The van der Waals surface area contributed by atoms with Crippen molar-refractivity contribution in [2.75, 3.05) is 39.2 Å². The number of nitrogens with zero attached hydrogens (tertiary/aromatic N) is 2. The van der Waals surface area contributed by atoms with Crippen LogP contribution in [0.4, 0.5) is 5.69 Å². The zero-order chi connectivity index (χ0) is 23.4. The molecule has 1 aliphatic heterocycles. The molecule has 1 aromatic rings. The number of rotatable bonds is 4. The molecule has 0 saturated heterocycles. The van der Waals surface area contributed by atoms with Gasteiger partial charge in [0.2, 0.25) is 11.8 Å². The van der Waals surface area contributed by atoms with Gasteiger partial charge in [0.05, 0.1) is 17.7 Å². The van der Waals surface area contributed by atoms with Crippen LogP contribution in [0.5, 0.6) is 5.75 Å². The van der Waals surface area contributed by atoms with Gasteiger partial charge < -0.3 is 24.6 Å². The van der Waals surface area contributed by atoms with Crippen LogP contribution in [-0.4, -0.2) is 73.5 Å². The molecule has 3 atom stereocenters. The van der Waals surface area contributed by atoms with Gasteiger partial charge in [-0.1, -0.05) is 13.8 Å². The van der Waals surface area contributed by atoms with Crippen LogP contribution in [0.2, 0.25) is 0 Å². The summed E-state index contributed by atoms with van der Waals surface area (Å²) < 4.78 is 11.8. The lowest BCUT2D eigenvalue weighted by atomic mass is 10.0. The van der Waals surface area contributed by atoms with Gasteiger partial charge in [0, 0.05) is 57.3 Å². The summed E-state index contributed by atoms with van der Waals surface area (Å²) in [5.41, 5.74) is 0.984. The molecular weight excluding hydrogens is 410 g/mol. The van der Waals surface area contributed by atoms with Gasteiger partial charge in [0.1, 0.15) is 12.4 Å². The minimum atomic E-state index is -0.211. The predicted molar refractivity (Wildman–Crippen MR) is 122 cm³/mol. The van der Waals surface area contributed by atoms with Gasteiger partial charge >= 0.3 is 0 Å². The molecule has 1 fully saturated rings. The van der Waals surface area contributed by atoms with Gasteiger partial charge in [-0.15, -0.1) is 0 Å². The van der Waals surface area contributed by atoms with E-state index < -0.39 is 0 Å². The number of methoxy groups -OCH3 is 1. The first-order chi connectivity index (χ1) is 15.2. The summed E-state index contributed by atoms with van der Waals surface area (Å²) in [6.07, 6.45) is 2.01. The maximum atomic E-state index is 13.2. The normalized spacial score (nSPS) is 24.7. The van der Waals surface area contributed by atoms with Gasteiger partial charge in [-0.3, -0.25) is 14.4 Å². The van der Waals surface area contributed by atoms with Gasteiger partial charge in [0.15, 0.2) is 0 Å². The lowest BCUT2D eigenvalue weighted by molar-refractivity contribution is -0.136. The van der Waals surface area contributed by atoms with Crippen LogP contribution in [0.25, 0.3) is 0 Å². The summed E-state index contributed by atoms with van der Waals surface area (Å²) in [6.45, 7) is 6.98. The first-order valence-corrected chi connectivity index (χ1v) is 11.4. The van der Waals surface area contributed by atoms with E-state index in [9.17, 15) is 14.4 Å². The maximum absolute atomic E-state index is 13.2. The molecule has 3 rings (SSSR count). The molecule has 1 heterocycles. The molecule has 3 amide bonds. The van der Waals surface area contributed by atoms with Gasteiger partial charge in [0.25, 0.3) is 5.91 Å². The van der Waals surface area contributed by atoms with Crippen molar-refractivity contribution in [2.45, 2.75) is 52.2 Å². The van der Waals surface area contributed by atoms with Crippen molar-refractivity contribution in [3.63, 3.8) is 0 Å². The minimum Gasteiger partial charge on any atom is -0.491 e. The lowest BCUT2D eigenvalue weighted by Gasteiger charge is -2.36. The van der Waals surface area contributed by atoms with E-state index in [1.807, 2.05) is 11.8 Å². The highest BCUT2D eigenvalue weighted by Crippen LogP contribution is 2.33. The van der Waals surface area contributed by atoms with Crippen LogP contribution in [-0.2, 0) is 14.3 Å². The lowest BCUT2D eigenvalue weighted by Crippen LogP contribution is -2.49. The smallest absolute Gasteiger partial charge is 0.257 e. The standard InChI is InChI=1S/C24H35N3O5/c1-6-22(28)25-18-9-10-19-20(11-18)32-14-16(3)27(23(29)17-7-8-17)12-15(2)21(31-5)13-26(4)24(19)30/h9-11,15-17,21H,6-8,12-14H2,1-5H3,(H,25,28)/t15-,16+,21+/m1/s1. The number of benzene rings is 1. The summed E-state index contributed by atoms with van der Waals surface area (Å²) >= 11 is 0. The van der Waals surface area contributed by atoms with Crippen LogP contribution < -0.4 is 10.1 Å². The van der Waals surface area contributed by atoms with Crippen molar-refractivity contribution in [1.82, 2.24) is 9.80 Å². The number of ether oxygens (including phenoxy) is 2. The fourth-order valence-corrected chi connectivity index (χ4v) is 3.97. The van der Waals surface area contributed by atoms with Crippen LogP contribution in [0, 0.1) is 11.8 Å². The summed E-state index contributed by atoms with van der Waals surface area (Å²) in [5.74, 6) is 0.407. The van der Waals surface area contributed by atoms with E-state index in [1.165, 1.54) is 0 Å². The second kappa shape index (κ2) is 10.3. The molecule has 176 valence electrons. The number of amides is 3. The minimum absolute atomic E-state index is 0.0472. The van der Waals surface area contributed by atoms with Crippen molar-refractivity contribution in [2.24, 2.45) is 11.8 Å². The number of anilines is 1. The largest absolute Gasteiger partial charge is 0.491 e. The monoisotopic (exact) mass is 445 g/mol. The molecule has 32 heavy (non-hydrogen) atoms. The van der Waals surface area contributed by atoms with Crippen LogP contribution in [0.3, 0.4) is 0 Å². The van der Waals surface area contributed by atoms with Crippen LogP contribution in [0.1, 0.15) is 50.4 Å². The third-order valence-corrected chi connectivity index (χ3v) is 6.26. The molecule has 8 heteroatoms. The molecule has 0 unspecified atom stereocenters. The Bertz CT molecular complexity index is 854. The first-order valence-electron chi connectivity index (χ1n) is 11.4. The van der Waals surface area contributed by atoms with E-state index in [4.69, 9.17) is 9.47 Å². The fraction of sp³-hybridized carbons (Fsp3) is 0.625. The third kappa shape index (κ3) is 5.59. The molecule has 0 aromatic heterocycles. The van der Waals surface area contributed by atoms with Crippen LogP contribution >= 0.6 is 0 Å². The van der Waals surface area contributed by atoms with Crippen molar-refractivity contribution < 1.29 is 23.9 Å². The highest BCUT2D eigenvalue weighted by molar-refractivity contribution is 5.98. The van der Waals surface area contributed by atoms with Gasteiger partial charge in [-0.2, -0.15) is 0 Å². The maximum Gasteiger partial charge on any atom is 0.257 e. The molecule has 0 radical (unpaired) electrons. The average molecular weight is 446 g/mol. The van der Waals surface area contributed by atoms with Crippen molar-refractivity contribution in [3.8, 4) is 5.75 Å². The number of hydrogen-bond donors (Lipinski definition) is 1. The molecule has 1 saturated carbocycles. The van der Waals surface area contributed by atoms with Crippen molar-refractivity contribution >= 4 is 23.4 Å². The Hall–Kier alpha value is -2.61. The van der Waals surface area contributed by atoms with E-state index in [0.29, 0.717) is 36.5 Å². The Labute approximate surface area is 190 Å². The van der Waals surface area contributed by atoms with E-state index in [2.05, 4.69) is 12.2 Å². The molecule has 2 aliphatic rings.